The molecule has 3 rings (SSSR count). The lowest BCUT2D eigenvalue weighted by Gasteiger charge is -2.12. The number of nitrogens with one attached hydrogen (secondary N) is 1. The molecule has 1 aromatic heterocycles. The fourth-order valence-electron chi connectivity index (χ4n) is 2.91. The third-order valence-corrected chi connectivity index (χ3v) is 4.40. The van der Waals surface area contributed by atoms with E-state index in [4.69, 9.17) is 14.2 Å². The monoisotopic (exact) mass is 446 g/mol. The van der Waals surface area contributed by atoms with Crippen molar-refractivity contribution in [2.45, 2.75) is 6.92 Å². The number of ether oxygens (including phenoxy) is 3. The molecule has 0 aliphatic heterocycles. The molecule has 0 atom stereocenters. The second-order valence-electron chi connectivity index (χ2n) is 6.67. The Kier molecular flexibility index (Phi) is 7.81. The summed E-state index contributed by atoms with van der Waals surface area (Å²) in [6, 6.07) is 16.3. The summed E-state index contributed by atoms with van der Waals surface area (Å²) >= 11 is 0. The number of carbonyl (C=O) groups excluding carboxylic acids is 2. The number of esters is 1. The summed E-state index contributed by atoms with van der Waals surface area (Å²) in [7, 11) is 1.50. The quantitative estimate of drug-likeness (QED) is 0.501. The highest BCUT2D eigenvalue weighted by molar-refractivity contribution is 5.93. The number of benzene rings is 2. The van der Waals surface area contributed by atoms with E-state index in [0.717, 1.165) is 5.56 Å². The Morgan fingerprint density at radius 2 is 1.94 bits per heavy atom. The van der Waals surface area contributed by atoms with Crippen molar-refractivity contribution in [1.82, 2.24) is 9.78 Å². The molecule has 9 nitrogen and oxygen atoms in total. The summed E-state index contributed by atoms with van der Waals surface area (Å²) in [4.78, 5) is 24.4. The Hall–Kier alpha value is -4.58. The Balaban J connectivity index is 1.56. The minimum Gasteiger partial charge on any atom is -0.493 e. The second-order valence-corrected chi connectivity index (χ2v) is 6.67. The van der Waals surface area contributed by atoms with Crippen LogP contribution in [-0.2, 0) is 14.3 Å². The standard InChI is InChI=1S/C24H22N4O5/c1-3-7-17-10-11-20(21(12-17)31-2)32-16-23(30)33-15-22(29)27-24-18(13-25)14-26-28(24)19-8-5-4-6-9-19/h3-12,14H,15-16H2,1-2H3,(H,27,29)/b7-3+. The van der Waals surface area contributed by atoms with Crippen molar-refractivity contribution in [3.05, 3.63) is 71.9 Å². The van der Waals surface area contributed by atoms with Gasteiger partial charge in [-0.25, -0.2) is 9.48 Å². The maximum atomic E-state index is 12.3. The number of methoxy groups -OCH3 is 1. The van der Waals surface area contributed by atoms with Crippen molar-refractivity contribution >= 4 is 23.8 Å². The summed E-state index contributed by atoms with van der Waals surface area (Å²) in [5.41, 5.74) is 1.76. The van der Waals surface area contributed by atoms with E-state index >= 15 is 0 Å². The molecule has 0 fully saturated rings. The largest absolute Gasteiger partial charge is 0.493 e. The smallest absolute Gasteiger partial charge is 0.344 e. The summed E-state index contributed by atoms with van der Waals surface area (Å²) in [6.07, 6.45) is 5.14. The molecule has 1 heterocycles. The molecular weight excluding hydrogens is 424 g/mol. The van der Waals surface area contributed by atoms with Gasteiger partial charge in [-0.2, -0.15) is 10.4 Å². The number of nitriles is 1. The maximum absolute atomic E-state index is 12.3. The lowest BCUT2D eigenvalue weighted by Crippen LogP contribution is -2.25. The number of amides is 1. The lowest BCUT2D eigenvalue weighted by molar-refractivity contribution is -0.149. The molecule has 0 saturated carbocycles. The molecule has 33 heavy (non-hydrogen) atoms. The number of allylic oxidation sites excluding steroid dienone is 1. The number of rotatable bonds is 9. The highest BCUT2D eigenvalue weighted by atomic mass is 16.6. The van der Waals surface area contributed by atoms with E-state index in [9.17, 15) is 14.9 Å². The van der Waals surface area contributed by atoms with Crippen LogP contribution in [0.15, 0.2) is 60.8 Å². The van der Waals surface area contributed by atoms with Crippen molar-refractivity contribution in [2.75, 3.05) is 25.6 Å². The minimum atomic E-state index is -0.734. The van der Waals surface area contributed by atoms with Gasteiger partial charge in [0, 0.05) is 0 Å². The first-order valence-electron chi connectivity index (χ1n) is 9.98. The summed E-state index contributed by atoms with van der Waals surface area (Å²) in [6.45, 7) is 0.946. The number of aromatic nitrogens is 2. The van der Waals surface area contributed by atoms with Gasteiger partial charge in [-0.05, 0) is 36.8 Å². The minimum absolute atomic E-state index is 0.176. The van der Waals surface area contributed by atoms with Crippen LogP contribution in [0, 0.1) is 11.3 Å². The van der Waals surface area contributed by atoms with Crippen molar-refractivity contribution < 1.29 is 23.8 Å². The Morgan fingerprint density at radius 3 is 2.64 bits per heavy atom. The Morgan fingerprint density at radius 1 is 1.15 bits per heavy atom. The van der Waals surface area contributed by atoms with Crippen LogP contribution in [0.5, 0.6) is 11.5 Å². The Labute approximate surface area is 190 Å². The molecule has 0 aliphatic carbocycles. The van der Waals surface area contributed by atoms with Gasteiger partial charge >= 0.3 is 5.97 Å². The summed E-state index contributed by atoms with van der Waals surface area (Å²) < 4.78 is 17.2. The van der Waals surface area contributed by atoms with Gasteiger partial charge in [0.2, 0.25) is 0 Å². The van der Waals surface area contributed by atoms with E-state index in [1.807, 2.05) is 37.3 Å². The molecule has 168 valence electrons. The van der Waals surface area contributed by atoms with E-state index in [0.29, 0.717) is 17.2 Å². The molecule has 1 N–H and O–H groups in total. The molecule has 0 bridgehead atoms. The van der Waals surface area contributed by atoms with E-state index in [1.165, 1.54) is 18.0 Å². The van der Waals surface area contributed by atoms with E-state index in [2.05, 4.69) is 10.4 Å². The Bertz CT molecular complexity index is 1200. The summed E-state index contributed by atoms with van der Waals surface area (Å²) in [5, 5.41) is 16.0. The molecule has 1 amide bonds. The van der Waals surface area contributed by atoms with Crippen LogP contribution in [0.3, 0.4) is 0 Å². The number of hydrogen-bond donors (Lipinski definition) is 1. The molecule has 0 spiro atoms. The van der Waals surface area contributed by atoms with E-state index in [1.54, 1.807) is 36.4 Å². The topological polar surface area (TPSA) is 115 Å². The van der Waals surface area contributed by atoms with Crippen molar-refractivity contribution in [3.63, 3.8) is 0 Å². The van der Waals surface area contributed by atoms with Crippen LogP contribution in [0.25, 0.3) is 11.8 Å². The van der Waals surface area contributed by atoms with Crippen molar-refractivity contribution in [1.29, 1.82) is 5.26 Å². The van der Waals surface area contributed by atoms with Crippen LogP contribution in [0.1, 0.15) is 18.1 Å². The molecule has 2 aromatic carbocycles. The normalized spacial score (nSPS) is 10.5. The van der Waals surface area contributed by atoms with Crippen molar-refractivity contribution in [3.8, 4) is 23.3 Å². The van der Waals surface area contributed by atoms with Gasteiger partial charge in [-0.3, -0.25) is 4.79 Å². The highest BCUT2D eigenvalue weighted by Crippen LogP contribution is 2.28. The number of nitrogens with zero attached hydrogens (tertiary/aromatic N) is 3. The van der Waals surface area contributed by atoms with Gasteiger partial charge in [-0.15, -0.1) is 0 Å². The molecule has 9 heteroatoms. The zero-order chi connectivity index (χ0) is 23.6. The van der Waals surface area contributed by atoms with Crippen LogP contribution in [0.4, 0.5) is 5.82 Å². The third-order valence-electron chi connectivity index (χ3n) is 4.40. The number of para-hydroxylation sites is 1. The van der Waals surface area contributed by atoms with Gasteiger partial charge in [0.15, 0.2) is 30.5 Å². The molecule has 0 saturated heterocycles. The van der Waals surface area contributed by atoms with Gasteiger partial charge in [-0.1, -0.05) is 36.4 Å². The van der Waals surface area contributed by atoms with Gasteiger partial charge in [0.1, 0.15) is 11.6 Å². The molecule has 0 unspecified atom stereocenters. The zero-order valence-electron chi connectivity index (χ0n) is 18.1. The van der Waals surface area contributed by atoms with Gasteiger partial charge in [0.25, 0.3) is 5.91 Å². The van der Waals surface area contributed by atoms with Crippen LogP contribution in [-0.4, -0.2) is 42.0 Å². The van der Waals surface area contributed by atoms with Crippen LogP contribution in [0.2, 0.25) is 0 Å². The fraction of sp³-hybridized carbons (Fsp3) is 0.167. The average molecular weight is 446 g/mol. The zero-order valence-corrected chi connectivity index (χ0v) is 18.1. The molecular formula is C24H22N4O5. The predicted molar refractivity (Wildman–Crippen MR) is 121 cm³/mol. The number of carbonyl (C=O) groups is 2. The summed E-state index contributed by atoms with van der Waals surface area (Å²) in [5.74, 6) is -0.327. The second kappa shape index (κ2) is 11.2. The highest BCUT2D eigenvalue weighted by Gasteiger charge is 2.17. The van der Waals surface area contributed by atoms with Crippen molar-refractivity contribution in [2.24, 2.45) is 0 Å². The number of hydrogen-bond acceptors (Lipinski definition) is 7. The first-order valence-corrected chi connectivity index (χ1v) is 9.98. The average Bonchev–Trinajstić information content (AvgIpc) is 3.24. The van der Waals surface area contributed by atoms with Crippen LogP contribution >= 0.6 is 0 Å². The maximum Gasteiger partial charge on any atom is 0.344 e. The predicted octanol–water partition coefficient (Wildman–Crippen LogP) is 3.35. The fourth-order valence-corrected chi connectivity index (χ4v) is 2.91. The molecule has 0 radical (unpaired) electrons. The lowest BCUT2D eigenvalue weighted by atomic mass is 10.2. The molecule has 0 aliphatic rings. The SMILES string of the molecule is C/C=C/c1ccc(OCC(=O)OCC(=O)Nc2c(C#N)cnn2-c2ccccc2)c(OC)c1. The van der Waals surface area contributed by atoms with E-state index < -0.39 is 25.1 Å². The van der Waals surface area contributed by atoms with Crippen LogP contribution < -0.4 is 14.8 Å². The van der Waals surface area contributed by atoms with E-state index in [-0.39, 0.29) is 11.4 Å². The first-order chi connectivity index (χ1) is 16.0. The third kappa shape index (κ3) is 5.98. The van der Waals surface area contributed by atoms with Gasteiger partial charge in [0.05, 0.1) is 19.0 Å². The first kappa shape index (κ1) is 23.1. The number of anilines is 1. The molecule has 3 aromatic rings. The van der Waals surface area contributed by atoms with Gasteiger partial charge < -0.3 is 19.5 Å².